The molecule has 9 heteroatoms. The minimum atomic E-state index is -0.409. The summed E-state index contributed by atoms with van der Waals surface area (Å²) in [5.41, 5.74) is 1.11. The number of aromatic nitrogens is 2. The van der Waals surface area contributed by atoms with Gasteiger partial charge in [-0.3, -0.25) is 0 Å². The Morgan fingerprint density at radius 2 is 1.96 bits per heavy atom. The number of rotatable bonds is 4. The fourth-order valence-electron chi connectivity index (χ4n) is 1.98. The van der Waals surface area contributed by atoms with Crippen molar-refractivity contribution in [1.82, 2.24) is 15.5 Å². The molecular formula is C16H11Br2FN4OS. The summed E-state index contributed by atoms with van der Waals surface area (Å²) in [7, 11) is 0. The Morgan fingerprint density at radius 1 is 1.16 bits per heavy atom. The van der Waals surface area contributed by atoms with Crippen molar-refractivity contribution in [2.75, 3.05) is 5.32 Å². The van der Waals surface area contributed by atoms with Gasteiger partial charge in [0.15, 0.2) is 5.11 Å². The molecule has 1 heterocycles. The van der Waals surface area contributed by atoms with Crippen molar-refractivity contribution < 1.29 is 8.91 Å². The molecule has 0 fully saturated rings. The zero-order valence-corrected chi connectivity index (χ0v) is 16.6. The number of hydrogen-bond donors (Lipinski definition) is 2. The van der Waals surface area contributed by atoms with Crippen LogP contribution in [0.25, 0.3) is 11.4 Å². The molecule has 0 amide bonds. The van der Waals surface area contributed by atoms with E-state index >= 15 is 0 Å². The molecule has 128 valence electrons. The number of thiocarbonyl (C=S) groups is 1. The number of benzene rings is 2. The zero-order chi connectivity index (χ0) is 17.8. The fraction of sp³-hybridized carbons (Fsp3) is 0.0625. The first-order valence-corrected chi connectivity index (χ1v) is 9.09. The lowest BCUT2D eigenvalue weighted by atomic mass is 10.2. The van der Waals surface area contributed by atoms with Crippen molar-refractivity contribution in [2.24, 2.45) is 0 Å². The highest BCUT2D eigenvalue weighted by Crippen LogP contribution is 2.21. The number of halogens is 3. The van der Waals surface area contributed by atoms with Crippen LogP contribution in [0.5, 0.6) is 0 Å². The summed E-state index contributed by atoms with van der Waals surface area (Å²) >= 11 is 11.8. The Hall–Kier alpha value is -1.84. The van der Waals surface area contributed by atoms with Gasteiger partial charge in [0.1, 0.15) is 5.82 Å². The molecule has 25 heavy (non-hydrogen) atoms. The highest BCUT2D eigenvalue weighted by atomic mass is 79.9. The second-order valence-electron chi connectivity index (χ2n) is 4.95. The maximum atomic E-state index is 13.8. The minimum absolute atomic E-state index is 0.227. The Morgan fingerprint density at radius 3 is 2.72 bits per heavy atom. The molecule has 3 rings (SSSR count). The van der Waals surface area contributed by atoms with Crippen LogP contribution in [0.2, 0.25) is 0 Å². The van der Waals surface area contributed by atoms with Crippen LogP contribution in [0.3, 0.4) is 0 Å². The molecule has 1 aromatic heterocycles. The molecule has 0 saturated heterocycles. The molecule has 5 nitrogen and oxygen atoms in total. The van der Waals surface area contributed by atoms with E-state index in [0.717, 1.165) is 10.0 Å². The first-order valence-electron chi connectivity index (χ1n) is 7.10. The summed E-state index contributed by atoms with van der Waals surface area (Å²) in [5, 5.41) is 9.87. The van der Waals surface area contributed by atoms with Gasteiger partial charge in [0.25, 0.3) is 0 Å². The molecule has 0 atom stereocenters. The van der Waals surface area contributed by atoms with E-state index in [0.29, 0.717) is 16.2 Å². The van der Waals surface area contributed by atoms with Crippen LogP contribution in [-0.2, 0) is 6.54 Å². The third-order valence-corrected chi connectivity index (χ3v) is 4.36. The fourth-order valence-corrected chi connectivity index (χ4v) is 2.90. The first kappa shape index (κ1) is 18.0. The van der Waals surface area contributed by atoms with Crippen molar-refractivity contribution in [2.45, 2.75) is 6.54 Å². The standard InChI is InChI=1S/C16H11Br2FN4OS/c17-10-3-1-2-9(6-10)15-22-14(24-23-15)8-20-16(25)21-13-5-4-11(18)7-12(13)19/h1-7H,8H2,(H2,20,21,25). The maximum absolute atomic E-state index is 13.8. The van der Waals surface area contributed by atoms with Gasteiger partial charge in [-0.2, -0.15) is 4.98 Å². The van der Waals surface area contributed by atoms with Crippen LogP contribution < -0.4 is 10.6 Å². The first-order chi connectivity index (χ1) is 12.0. The molecule has 2 aromatic carbocycles. The Bertz CT molecular complexity index is 919. The molecule has 3 aromatic rings. The minimum Gasteiger partial charge on any atom is -0.353 e. The molecular weight excluding hydrogens is 475 g/mol. The average Bonchev–Trinajstić information content (AvgIpc) is 3.05. The van der Waals surface area contributed by atoms with Crippen LogP contribution in [0.1, 0.15) is 5.89 Å². The number of anilines is 1. The highest BCUT2D eigenvalue weighted by Gasteiger charge is 2.10. The van der Waals surface area contributed by atoms with E-state index < -0.39 is 5.82 Å². The summed E-state index contributed by atoms with van der Waals surface area (Å²) < 4.78 is 20.5. The third kappa shape index (κ3) is 4.83. The van der Waals surface area contributed by atoms with Gasteiger partial charge in [-0.05, 0) is 42.5 Å². The van der Waals surface area contributed by atoms with Crippen molar-refractivity contribution >= 4 is 54.9 Å². The maximum Gasteiger partial charge on any atom is 0.246 e. The second kappa shape index (κ2) is 8.03. The molecule has 0 spiro atoms. The second-order valence-corrected chi connectivity index (χ2v) is 7.19. The zero-order valence-electron chi connectivity index (χ0n) is 12.6. The van der Waals surface area contributed by atoms with Crippen LogP contribution in [-0.4, -0.2) is 15.3 Å². The molecule has 0 aliphatic heterocycles. The van der Waals surface area contributed by atoms with Crippen molar-refractivity contribution in [3.05, 3.63) is 63.1 Å². The summed E-state index contributed by atoms with van der Waals surface area (Å²) in [6.07, 6.45) is 0. The monoisotopic (exact) mass is 484 g/mol. The lowest BCUT2D eigenvalue weighted by Gasteiger charge is -2.09. The average molecular weight is 486 g/mol. The van der Waals surface area contributed by atoms with E-state index in [1.807, 2.05) is 24.3 Å². The van der Waals surface area contributed by atoms with E-state index in [-0.39, 0.29) is 17.3 Å². The Balaban J connectivity index is 1.59. The van der Waals surface area contributed by atoms with E-state index in [1.54, 1.807) is 12.1 Å². The van der Waals surface area contributed by atoms with Crippen LogP contribution in [0.4, 0.5) is 10.1 Å². The summed E-state index contributed by atoms with van der Waals surface area (Å²) in [4.78, 5) is 4.30. The van der Waals surface area contributed by atoms with Crippen molar-refractivity contribution in [1.29, 1.82) is 0 Å². The van der Waals surface area contributed by atoms with Crippen LogP contribution in [0.15, 0.2) is 55.9 Å². The summed E-state index contributed by atoms with van der Waals surface area (Å²) in [6, 6.07) is 12.2. The van der Waals surface area contributed by atoms with Gasteiger partial charge in [0, 0.05) is 14.5 Å². The van der Waals surface area contributed by atoms with Gasteiger partial charge < -0.3 is 15.2 Å². The van der Waals surface area contributed by atoms with Gasteiger partial charge in [-0.1, -0.05) is 49.1 Å². The summed E-state index contributed by atoms with van der Waals surface area (Å²) in [5.74, 6) is 0.444. The SMILES string of the molecule is Fc1cc(Br)ccc1NC(=S)NCc1nc(-c2cccc(Br)c2)no1. The predicted octanol–water partition coefficient (Wildman–Crippen LogP) is 4.89. The Kier molecular flexibility index (Phi) is 5.77. The molecule has 0 aliphatic rings. The smallest absolute Gasteiger partial charge is 0.246 e. The molecule has 0 aliphatic carbocycles. The van der Waals surface area contributed by atoms with Crippen molar-refractivity contribution in [3.63, 3.8) is 0 Å². The molecule has 2 N–H and O–H groups in total. The lowest BCUT2D eigenvalue weighted by molar-refractivity contribution is 0.376. The molecule has 0 radical (unpaired) electrons. The summed E-state index contributed by atoms with van der Waals surface area (Å²) in [6.45, 7) is 0.227. The van der Waals surface area contributed by atoms with Gasteiger partial charge in [0.2, 0.25) is 11.7 Å². The van der Waals surface area contributed by atoms with Crippen molar-refractivity contribution in [3.8, 4) is 11.4 Å². The quantitative estimate of drug-likeness (QED) is 0.513. The van der Waals surface area contributed by atoms with Crippen LogP contribution >= 0.6 is 44.1 Å². The third-order valence-electron chi connectivity index (χ3n) is 3.13. The molecule has 0 bridgehead atoms. The topological polar surface area (TPSA) is 63.0 Å². The number of nitrogens with zero attached hydrogens (tertiary/aromatic N) is 2. The van der Waals surface area contributed by atoms with E-state index in [4.69, 9.17) is 16.7 Å². The van der Waals surface area contributed by atoms with Gasteiger partial charge >= 0.3 is 0 Å². The van der Waals surface area contributed by atoms with E-state index in [1.165, 1.54) is 6.07 Å². The molecule has 0 saturated carbocycles. The Labute approximate surface area is 165 Å². The van der Waals surface area contributed by atoms with Gasteiger partial charge in [-0.25, -0.2) is 4.39 Å². The lowest BCUT2D eigenvalue weighted by Crippen LogP contribution is -2.28. The number of hydrogen-bond acceptors (Lipinski definition) is 4. The largest absolute Gasteiger partial charge is 0.353 e. The highest BCUT2D eigenvalue weighted by molar-refractivity contribution is 9.10. The van der Waals surface area contributed by atoms with Gasteiger partial charge in [-0.15, -0.1) is 0 Å². The predicted molar refractivity (Wildman–Crippen MR) is 105 cm³/mol. The van der Waals surface area contributed by atoms with E-state index in [9.17, 15) is 4.39 Å². The van der Waals surface area contributed by atoms with E-state index in [2.05, 4.69) is 52.6 Å². The van der Waals surface area contributed by atoms with Crippen LogP contribution in [0, 0.1) is 5.82 Å². The number of nitrogens with one attached hydrogen (secondary N) is 2. The molecule has 0 unspecified atom stereocenters. The normalized spacial score (nSPS) is 10.5. The van der Waals surface area contributed by atoms with Gasteiger partial charge in [0.05, 0.1) is 12.2 Å².